The first-order valence-corrected chi connectivity index (χ1v) is 4.54. The van der Waals surface area contributed by atoms with Crippen LogP contribution in [-0.4, -0.2) is 11.7 Å². The minimum absolute atomic E-state index is 0.239. The van der Waals surface area contributed by atoms with Gasteiger partial charge in [-0.05, 0) is 40.8 Å². The van der Waals surface area contributed by atoms with Gasteiger partial charge < -0.3 is 10.8 Å². The summed E-state index contributed by atoms with van der Waals surface area (Å²) in [6, 6.07) is 4.02. The molecule has 0 amide bonds. The quantitative estimate of drug-likeness (QED) is 0.805. The molecule has 3 N–H and O–H groups in total. The lowest BCUT2D eigenvalue weighted by Crippen LogP contribution is -2.16. The van der Waals surface area contributed by atoms with Gasteiger partial charge in [0, 0.05) is 9.13 Å². The Morgan fingerprint density at radius 2 is 2.25 bits per heavy atom. The highest BCUT2D eigenvalue weighted by Crippen LogP contribution is 2.17. The van der Waals surface area contributed by atoms with Gasteiger partial charge in [0.05, 0.1) is 12.6 Å². The smallest absolute Gasteiger partial charge is 0.128 e. The van der Waals surface area contributed by atoms with Crippen molar-refractivity contribution in [3.63, 3.8) is 0 Å². The number of rotatable bonds is 2. The van der Waals surface area contributed by atoms with Gasteiger partial charge in [-0.25, -0.2) is 4.39 Å². The number of halogens is 2. The van der Waals surface area contributed by atoms with Crippen LogP contribution in [0.2, 0.25) is 0 Å². The highest BCUT2D eigenvalue weighted by molar-refractivity contribution is 14.1. The van der Waals surface area contributed by atoms with Gasteiger partial charge in [0.2, 0.25) is 0 Å². The first-order chi connectivity index (χ1) is 5.65. The Labute approximate surface area is 83.7 Å². The van der Waals surface area contributed by atoms with Gasteiger partial charge in [-0.2, -0.15) is 0 Å². The third kappa shape index (κ3) is 2.15. The number of hydrogen-bond donors (Lipinski definition) is 2. The van der Waals surface area contributed by atoms with Crippen molar-refractivity contribution in [1.82, 2.24) is 0 Å². The van der Waals surface area contributed by atoms with Crippen molar-refractivity contribution in [3.05, 3.63) is 33.1 Å². The molecule has 12 heavy (non-hydrogen) atoms. The maximum atomic E-state index is 13.0. The fourth-order valence-electron chi connectivity index (χ4n) is 0.897. The van der Waals surface area contributed by atoms with E-state index in [0.717, 1.165) is 3.57 Å². The molecule has 1 aromatic carbocycles. The molecule has 0 aliphatic heterocycles. The van der Waals surface area contributed by atoms with E-state index in [-0.39, 0.29) is 12.4 Å². The first-order valence-electron chi connectivity index (χ1n) is 3.46. The van der Waals surface area contributed by atoms with Gasteiger partial charge in [-0.1, -0.05) is 0 Å². The first kappa shape index (κ1) is 9.88. The number of aliphatic hydroxyl groups excluding tert-OH is 1. The van der Waals surface area contributed by atoms with Gasteiger partial charge in [-0.3, -0.25) is 0 Å². The van der Waals surface area contributed by atoms with E-state index in [2.05, 4.69) is 22.6 Å². The van der Waals surface area contributed by atoms with Crippen LogP contribution in [0.5, 0.6) is 0 Å². The van der Waals surface area contributed by atoms with Gasteiger partial charge in [0.1, 0.15) is 5.82 Å². The molecular formula is C8H9FINO. The third-order valence-corrected chi connectivity index (χ3v) is 2.23. The monoisotopic (exact) mass is 281 g/mol. The molecule has 0 saturated heterocycles. The maximum absolute atomic E-state index is 13.0. The number of benzene rings is 1. The number of hydrogen-bond acceptors (Lipinski definition) is 2. The summed E-state index contributed by atoms with van der Waals surface area (Å²) in [7, 11) is 0. The fourth-order valence-corrected chi connectivity index (χ4v) is 1.41. The highest BCUT2D eigenvalue weighted by atomic mass is 127. The standard InChI is InChI=1S/C8H9FINO/c9-7-2-1-5(10)3-6(7)8(11)4-12/h1-3,8,12H,4,11H2. The van der Waals surface area contributed by atoms with Crippen molar-refractivity contribution in [2.75, 3.05) is 6.61 Å². The van der Waals surface area contributed by atoms with Crippen LogP contribution in [-0.2, 0) is 0 Å². The Morgan fingerprint density at radius 3 is 2.83 bits per heavy atom. The van der Waals surface area contributed by atoms with Gasteiger partial charge >= 0.3 is 0 Å². The van der Waals surface area contributed by atoms with Crippen LogP contribution in [0.4, 0.5) is 4.39 Å². The van der Waals surface area contributed by atoms with Crippen molar-refractivity contribution in [2.24, 2.45) is 5.73 Å². The second kappa shape index (κ2) is 4.15. The van der Waals surface area contributed by atoms with Crippen molar-refractivity contribution in [1.29, 1.82) is 0 Å². The normalized spacial score (nSPS) is 13.0. The van der Waals surface area contributed by atoms with E-state index in [1.165, 1.54) is 6.07 Å². The van der Waals surface area contributed by atoms with E-state index in [4.69, 9.17) is 10.8 Å². The predicted molar refractivity (Wildman–Crippen MR) is 53.1 cm³/mol. The zero-order valence-corrected chi connectivity index (χ0v) is 8.45. The van der Waals surface area contributed by atoms with Crippen LogP contribution >= 0.6 is 22.6 Å². The largest absolute Gasteiger partial charge is 0.394 e. The second-order valence-electron chi connectivity index (χ2n) is 2.45. The molecule has 0 radical (unpaired) electrons. The molecule has 0 bridgehead atoms. The zero-order chi connectivity index (χ0) is 9.14. The lowest BCUT2D eigenvalue weighted by molar-refractivity contribution is 0.265. The molecule has 1 unspecified atom stereocenters. The van der Waals surface area contributed by atoms with Crippen LogP contribution in [0.1, 0.15) is 11.6 Å². The molecule has 1 aromatic rings. The summed E-state index contributed by atoms with van der Waals surface area (Å²) in [4.78, 5) is 0. The fraction of sp³-hybridized carbons (Fsp3) is 0.250. The van der Waals surface area contributed by atoms with Gasteiger partial charge in [-0.15, -0.1) is 0 Å². The summed E-state index contributed by atoms with van der Waals surface area (Å²) >= 11 is 2.07. The van der Waals surface area contributed by atoms with Crippen LogP contribution in [0, 0.1) is 9.39 Å². The summed E-state index contributed by atoms with van der Waals surface area (Å²) in [5.74, 6) is -0.364. The van der Waals surface area contributed by atoms with E-state index >= 15 is 0 Å². The molecule has 0 aliphatic carbocycles. The molecular weight excluding hydrogens is 272 g/mol. The molecule has 1 rings (SSSR count). The Hall–Kier alpha value is -0.200. The zero-order valence-electron chi connectivity index (χ0n) is 6.30. The lowest BCUT2D eigenvalue weighted by atomic mass is 10.1. The molecule has 0 fully saturated rings. The Balaban J connectivity index is 3.04. The van der Waals surface area contributed by atoms with E-state index in [1.54, 1.807) is 12.1 Å². The third-order valence-electron chi connectivity index (χ3n) is 1.55. The predicted octanol–water partition coefficient (Wildman–Crippen LogP) is 1.42. The summed E-state index contributed by atoms with van der Waals surface area (Å²) in [6.07, 6.45) is 0. The molecule has 4 heteroatoms. The van der Waals surface area contributed by atoms with Crippen molar-refractivity contribution in [2.45, 2.75) is 6.04 Å². The highest BCUT2D eigenvalue weighted by Gasteiger charge is 2.09. The molecule has 0 aromatic heterocycles. The Morgan fingerprint density at radius 1 is 1.58 bits per heavy atom. The lowest BCUT2D eigenvalue weighted by Gasteiger charge is -2.09. The topological polar surface area (TPSA) is 46.2 Å². The van der Waals surface area contributed by atoms with Crippen molar-refractivity contribution >= 4 is 22.6 Å². The Bertz CT molecular complexity index is 280. The van der Waals surface area contributed by atoms with E-state index < -0.39 is 6.04 Å². The van der Waals surface area contributed by atoms with Crippen LogP contribution in [0.3, 0.4) is 0 Å². The number of nitrogens with two attached hydrogens (primary N) is 1. The van der Waals surface area contributed by atoms with E-state index in [9.17, 15) is 4.39 Å². The summed E-state index contributed by atoms with van der Waals surface area (Å²) in [6.45, 7) is -0.239. The van der Waals surface area contributed by atoms with Gasteiger partial charge in [0.25, 0.3) is 0 Å². The molecule has 2 nitrogen and oxygen atoms in total. The molecule has 1 atom stereocenters. The van der Waals surface area contributed by atoms with Crippen LogP contribution in [0.15, 0.2) is 18.2 Å². The van der Waals surface area contributed by atoms with Crippen molar-refractivity contribution < 1.29 is 9.50 Å². The van der Waals surface area contributed by atoms with E-state index in [1.807, 2.05) is 0 Å². The maximum Gasteiger partial charge on any atom is 0.128 e. The summed E-state index contributed by atoms with van der Waals surface area (Å²) in [5, 5.41) is 8.71. The van der Waals surface area contributed by atoms with Crippen LogP contribution < -0.4 is 5.73 Å². The molecule has 0 aliphatic rings. The van der Waals surface area contributed by atoms with E-state index in [0.29, 0.717) is 5.56 Å². The average Bonchev–Trinajstić information content (AvgIpc) is 2.08. The molecule has 0 spiro atoms. The summed E-state index contributed by atoms with van der Waals surface area (Å²) in [5.41, 5.74) is 5.84. The second-order valence-corrected chi connectivity index (χ2v) is 3.70. The van der Waals surface area contributed by atoms with Gasteiger partial charge in [0.15, 0.2) is 0 Å². The Kier molecular flexibility index (Phi) is 3.42. The average molecular weight is 281 g/mol. The van der Waals surface area contributed by atoms with Crippen molar-refractivity contribution in [3.8, 4) is 0 Å². The molecule has 0 heterocycles. The number of aliphatic hydroxyl groups is 1. The SMILES string of the molecule is NC(CO)c1cc(I)ccc1F. The molecule has 0 saturated carbocycles. The molecule has 66 valence electrons. The summed E-state index contributed by atoms with van der Waals surface area (Å²) < 4.78 is 13.9. The minimum Gasteiger partial charge on any atom is -0.394 e. The van der Waals surface area contributed by atoms with Crippen LogP contribution in [0.25, 0.3) is 0 Å². The minimum atomic E-state index is -0.625.